The van der Waals surface area contributed by atoms with Gasteiger partial charge in [-0.3, -0.25) is 0 Å². The van der Waals surface area contributed by atoms with Crippen LogP contribution in [0.1, 0.15) is 32.4 Å². The molecule has 1 aliphatic heterocycles. The Morgan fingerprint density at radius 3 is 2.18 bits per heavy atom. The average molecular weight is 299 g/mol. The van der Waals surface area contributed by atoms with Crippen molar-refractivity contribution in [3.8, 4) is 5.75 Å². The first-order valence-electron chi connectivity index (χ1n) is 5.87. The summed E-state index contributed by atoms with van der Waals surface area (Å²) in [6, 6.07) is 8.08. The van der Waals surface area contributed by atoms with Crippen molar-refractivity contribution >= 4 is 15.9 Å². The monoisotopic (exact) mass is 298 g/mol. The summed E-state index contributed by atoms with van der Waals surface area (Å²) in [5.41, 5.74) is 1.38. The van der Waals surface area contributed by atoms with E-state index in [9.17, 15) is 0 Å². The summed E-state index contributed by atoms with van der Waals surface area (Å²) < 4.78 is 11.1. The Balaban J connectivity index is 2.06. The zero-order valence-electron chi connectivity index (χ0n) is 10.7. The molecule has 1 aromatic carbocycles. The highest BCUT2D eigenvalue weighted by molar-refractivity contribution is 9.09. The van der Waals surface area contributed by atoms with Crippen LogP contribution in [0, 0.1) is 5.41 Å². The van der Waals surface area contributed by atoms with Gasteiger partial charge >= 0.3 is 0 Å². The van der Waals surface area contributed by atoms with E-state index in [1.54, 1.807) is 7.11 Å². The Labute approximate surface area is 111 Å². The van der Waals surface area contributed by atoms with Crippen molar-refractivity contribution in [2.45, 2.75) is 37.8 Å². The number of halogens is 1. The lowest BCUT2D eigenvalue weighted by Gasteiger charge is -2.48. The second kappa shape index (κ2) is 4.62. The van der Waals surface area contributed by atoms with Gasteiger partial charge in [-0.1, -0.05) is 48.8 Å². The molecule has 0 saturated carbocycles. The molecule has 2 nitrogen and oxygen atoms in total. The van der Waals surface area contributed by atoms with Gasteiger partial charge in [0.15, 0.2) is 0 Å². The maximum absolute atomic E-state index is 5.99. The molecule has 3 heteroatoms. The van der Waals surface area contributed by atoms with Gasteiger partial charge in [0, 0.05) is 0 Å². The van der Waals surface area contributed by atoms with Crippen LogP contribution in [0.2, 0.25) is 0 Å². The summed E-state index contributed by atoms with van der Waals surface area (Å²) in [6.07, 6.45) is 0.430. The third kappa shape index (κ3) is 2.50. The lowest BCUT2D eigenvalue weighted by Crippen LogP contribution is -2.51. The van der Waals surface area contributed by atoms with E-state index in [2.05, 4.69) is 48.8 Å². The van der Waals surface area contributed by atoms with Crippen LogP contribution in [0.3, 0.4) is 0 Å². The molecule has 0 amide bonds. The molecule has 1 aromatic rings. The SMILES string of the molecule is COc1ccc(C2OC(C(C)(C)C)C2Br)cc1. The van der Waals surface area contributed by atoms with Crippen LogP contribution in [0.4, 0.5) is 0 Å². The fourth-order valence-electron chi connectivity index (χ4n) is 2.12. The molecule has 1 aliphatic rings. The molecular formula is C14H19BrO2. The second-order valence-electron chi connectivity index (χ2n) is 5.56. The molecule has 17 heavy (non-hydrogen) atoms. The predicted octanol–water partition coefficient (Wildman–Crippen LogP) is 3.94. The van der Waals surface area contributed by atoms with Gasteiger partial charge < -0.3 is 9.47 Å². The van der Waals surface area contributed by atoms with Gasteiger partial charge in [-0.25, -0.2) is 0 Å². The van der Waals surface area contributed by atoms with Crippen molar-refractivity contribution in [2.75, 3.05) is 7.11 Å². The normalized spacial score (nSPS) is 28.6. The maximum Gasteiger partial charge on any atom is 0.118 e. The molecule has 0 bridgehead atoms. The van der Waals surface area contributed by atoms with Gasteiger partial charge in [0.25, 0.3) is 0 Å². The Kier molecular flexibility index (Phi) is 3.50. The standard InChI is InChI=1S/C14H19BrO2/c1-14(2,3)13-11(15)12(17-13)9-5-7-10(16-4)8-6-9/h5-8,11-13H,1-4H3. The first kappa shape index (κ1) is 12.9. The van der Waals surface area contributed by atoms with E-state index < -0.39 is 0 Å². The van der Waals surface area contributed by atoms with E-state index in [1.165, 1.54) is 5.56 Å². The van der Waals surface area contributed by atoms with Crippen molar-refractivity contribution in [2.24, 2.45) is 5.41 Å². The highest BCUT2D eigenvalue weighted by Crippen LogP contribution is 2.47. The number of hydrogen-bond acceptors (Lipinski definition) is 2. The molecule has 0 radical (unpaired) electrons. The fourth-order valence-corrected chi connectivity index (χ4v) is 3.46. The van der Waals surface area contributed by atoms with Gasteiger partial charge in [-0.05, 0) is 23.1 Å². The van der Waals surface area contributed by atoms with Gasteiger partial charge in [0.1, 0.15) is 5.75 Å². The summed E-state index contributed by atoms with van der Waals surface area (Å²) >= 11 is 3.74. The van der Waals surface area contributed by atoms with Crippen molar-refractivity contribution < 1.29 is 9.47 Å². The summed E-state index contributed by atoms with van der Waals surface area (Å²) in [7, 11) is 1.68. The van der Waals surface area contributed by atoms with E-state index in [4.69, 9.17) is 9.47 Å². The summed E-state index contributed by atoms with van der Waals surface area (Å²) in [5, 5.41) is 0. The average Bonchev–Trinajstić information content (AvgIpc) is 2.26. The van der Waals surface area contributed by atoms with E-state index in [-0.39, 0.29) is 17.6 Å². The first-order chi connectivity index (χ1) is 7.93. The summed E-state index contributed by atoms with van der Waals surface area (Å²) in [6.45, 7) is 6.61. The molecule has 2 rings (SSSR count). The van der Waals surface area contributed by atoms with Gasteiger partial charge in [-0.15, -0.1) is 0 Å². The number of benzene rings is 1. The Morgan fingerprint density at radius 1 is 1.18 bits per heavy atom. The molecule has 0 spiro atoms. The number of rotatable bonds is 2. The summed E-state index contributed by atoms with van der Waals surface area (Å²) in [5.74, 6) is 0.881. The molecule has 0 aromatic heterocycles. The molecule has 1 saturated heterocycles. The Morgan fingerprint density at radius 2 is 1.76 bits per heavy atom. The largest absolute Gasteiger partial charge is 0.497 e. The zero-order chi connectivity index (χ0) is 12.6. The molecule has 0 N–H and O–H groups in total. The van der Waals surface area contributed by atoms with Crippen LogP contribution in [-0.2, 0) is 4.74 Å². The number of methoxy groups -OCH3 is 1. The van der Waals surface area contributed by atoms with Crippen LogP contribution >= 0.6 is 15.9 Å². The second-order valence-corrected chi connectivity index (χ2v) is 6.62. The molecule has 1 heterocycles. The minimum absolute atomic E-state index is 0.158. The Hall–Kier alpha value is -0.540. The van der Waals surface area contributed by atoms with Crippen LogP contribution in [0.5, 0.6) is 5.75 Å². The highest BCUT2D eigenvalue weighted by atomic mass is 79.9. The Bertz CT molecular complexity index is 380. The number of hydrogen-bond donors (Lipinski definition) is 0. The number of alkyl halides is 1. The van der Waals surface area contributed by atoms with E-state index in [1.807, 2.05) is 12.1 Å². The van der Waals surface area contributed by atoms with E-state index >= 15 is 0 Å². The van der Waals surface area contributed by atoms with Gasteiger partial charge in [-0.2, -0.15) is 0 Å². The summed E-state index contributed by atoms with van der Waals surface area (Å²) in [4.78, 5) is 0.385. The third-order valence-electron chi connectivity index (χ3n) is 3.17. The van der Waals surface area contributed by atoms with Crippen molar-refractivity contribution in [1.82, 2.24) is 0 Å². The highest BCUT2D eigenvalue weighted by Gasteiger charge is 2.47. The molecule has 1 fully saturated rings. The third-order valence-corrected chi connectivity index (χ3v) is 4.13. The fraction of sp³-hybridized carbons (Fsp3) is 0.571. The topological polar surface area (TPSA) is 18.5 Å². The molecule has 94 valence electrons. The van der Waals surface area contributed by atoms with E-state index in [0.717, 1.165) is 5.75 Å². The van der Waals surface area contributed by atoms with Gasteiger partial charge in [0.05, 0.1) is 24.1 Å². The van der Waals surface area contributed by atoms with Crippen molar-refractivity contribution in [3.63, 3.8) is 0 Å². The minimum atomic E-state index is 0.158. The maximum atomic E-state index is 5.99. The molecule has 0 aliphatic carbocycles. The molecule has 3 atom stereocenters. The molecular weight excluding hydrogens is 280 g/mol. The lowest BCUT2D eigenvalue weighted by atomic mass is 9.80. The van der Waals surface area contributed by atoms with Crippen LogP contribution < -0.4 is 4.74 Å². The van der Waals surface area contributed by atoms with Crippen LogP contribution in [0.15, 0.2) is 24.3 Å². The number of ether oxygens (including phenoxy) is 2. The van der Waals surface area contributed by atoms with Crippen molar-refractivity contribution in [1.29, 1.82) is 0 Å². The molecule has 3 unspecified atom stereocenters. The minimum Gasteiger partial charge on any atom is -0.497 e. The zero-order valence-corrected chi connectivity index (χ0v) is 12.3. The van der Waals surface area contributed by atoms with Gasteiger partial charge in [0.2, 0.25) is 0 Å². The van der Waals surface area contributed by atoms with Crippen LogP contribution in [-0.4, -0.2) is 18.0 Å². The first-order valence-corrected chi connectivity index (χ1v) is 6.78. The smallest absolute Gasteiger partial charge is 0.118 e. The quantitative estimate of drug-likeness (QED) is 0.770. The predicted molar refractivity (Wildman–Crippen MR) is 72.8 cm³/mol. The lowest BCUT2D eigenvalue weighted by molar-refractivity contribution is -0.162. The van der Waals surface area contributed by atoms with Crippen LogP contribution in [0.25, 0.3) is 0 Å². The van der Waals surface area contributed by atoms with E-state index in [0.29, 0.717) is 4.83 Å². The van der Waals surface area contributed by atoms with Crippen molar-refractivity contribution in [3.05, 3.63) is 29.8 Å².